The highest BCUT2D eigenvalue weighted by Gasteiger charge is 2.25. The highest BCUT2D eigenvalue weighted by Crippen LogP contribution is 2.06. The molecule has 3 fully saturated rings. The second kappa shape index (κ2) is 26.3. The second-order valence-corrected chi connectivity index (χ2v) is 11.1. The van der Waals surface area contributed by atoms with Gasteiger partial charge in [0.2, 0.25) is 0 Å². The topological polar surface area (TPSA) is 201 Å². The van der Waals surface area contributed by atoms with E-state index in [4.69, 9.17) is 25.8 Å². The summed E-state index contributed by atoms with van der Waals surface area (Å²) in [7, 11) is 0. The highest BCUT2D eigenvalue weighted by molar-refractivity contribution is 6.27. The number of ether oxygens (including phenoxy) is 5. The van der Waals surface area contributed by atoms with Crippen LogP contribution in [0.4, 0.5) is 14.4 Å². The van der Waals surface area contributed by atoms with Crippen LogP contribution < -0.4 is 5.32 Å². The number of carbonyl (C=O) groups excluding carboxylic acids is 8. The Balaban J connectivity index is 0.000000358. The first-order valence-electron chi connectivity index (χ1n) is 16.0. The molecule has 3 aliphatic heterocycles. The number of alkyl carbamates (subject to hydrolysis) is 1. The summed E-state index contributed by atoms with van der Waals surface area (Å²) in [5.74, 6) is -1.05. The minimum atomic E-state index is -0.591. The lowest BCUT2D eigenvalue weighted by Gasteiger charge is -2.11. The summed E-state index contributed by atoms with van der Waals surface area (Å²) in [5, 5.41) is 2.46. The summed E-state index contributed by atoms with van der Waals surface area (Å²) in [5.41, 5.74) is 1.87. The van der Waals surface area contributed by atoms with Crippen molar-refractivity contribution in [3.8, 4) is 0 Å². The SMILES string of the molecule is CC(=O)CCl.CC(=O)CN1CCOC1=O.CC(=O)OCc1ccccc1.O=C(CC(=O)OCc1ccccc1)CN1CCOC1=O.O=C1NCCO1. The maximum absolute atomic E-state index is 11.6. The van der Waals surface area contributed by atoms with Crippen LogP contribution in [0.2, 0.25) is 0 Å². The van der Waals surface area contributed by atoms with E-state index in [0.29, 0.717) is 39.5 Å². The van der Waals surface area contributed by atoms with Crippen molar-refractivity contribution >= 4 is 59.2 Å². The molecular weight excluding hydrogens is 706 g/mol. The molecule has 0 spiro atoms. The van der Waals surface area contributed by atoms with Crippen LogP contribution in [0.5, 0.6) is 0 Å². The molecule has 0 aliphatic carbocycles. The van der Waals surface area contributed by atoms with Crippen LogP contribution in [0.3, 0.4) is 0 Å². The summed E-state index contributed by atoms with van der Waals surface area (Å²) >= 11 is 4.99. The molecule has 16 nitrogen and oxygen atoms in total. The van der Waals surface area contributed by atoms with Gasteiger partial charge in [0.05, 0.1) is 38.6 Å². The first kappa shape index (κ1) is 44.5. The molecular formula is C35H44ClN3O13. The molecule has 0 aromatic heterocycles. The zero-order valence-corrected chi connectivity index (χ0v) is 30.1. The summed E-state index contributed by atoms with van der Waals surface area (Å²) in [6, 6.07) is 18.8. The molecule has 3 heterocycles. The first-order valence-corrected chi connectivity index (χ1v) is 16.5. The molecule has 0 bridgehead atoms. The van der Waals surface area contributed by atoms with Crippen molar-refractivity contribution in [3.63, 3.8) is 0 Å². The number of hydrogen-bond donors (Lipinski definition) is 1. The summed E-state index contributed by atoms with van der Waals surface area (Å²) in [4.78, 5) is 88.1. The maximum atomic E-state index is 11.6. The monoisotopic (exact) mass is 749 g/mol. The van der Waals surface area contributed by atoms with Gasteiger partial charge >= 0.3 is 30.2 Å². The van der Waals surface area contributed by atoms with Gasteiger partial charge in [-0.2, -0.15) is 0 Å². The third kappa shape index (κ3) is 22.3. The van der Waals surface area contributed by atoms with Gasteiger partial charge in [-0.3, -0.25) is 33.8 Å². The number of ketones is 3. The second-order valence-electron chi connectivity index (χ2n) is 10.8. The van der Waals surface area contributed by atoms with Crippen molar-refractivity contribution in [2.24, 2.45) is 0 Å². The van der Waals surface area contributed by atoms with Gasteiger partial charge in [0.1, 0.15) is 51.0 Å². The molecule has 3 aliphatic rings. The van der Waals surface area contributed by atoms with E-state index in [0.717, 1.165) is 11.1 Å². The predicted molar refractivity (Wildman–Crippen MR) is 185 cm³/mol. The lowest BCUT2D eigenvalue weighted by molar-refractivity contribution is -0.147. The first-order chi connectivity index (χ1) is 24.8. The summed E-state index contributed by atoms with van der Waals surface area (Å²) < 4.78 is 23.5. The van der Waals surface area contributed by atoms with Crippen molar-refractivity contribution in [1.29, 1.82) is 0 Å². The predicted octanol–water partition coefficient (Wildman–Crippen LogP) is 3.46. The number of amides is 3. The molecule has 17 heteroatoms. The van der Waals surface area contributed by atoms with Gasteiger partial charge in [0.15, 0.2) is 5.78 Å². The van der Waals surface area contributed by atoms with Crippen molar-refractivity contribution in [3.05, 3.63) is 71.8 Å². The molecule has 0 saturated carbocycles. The van der Waals surface area contributed by atoms with E-state index < -0.39 is 12.1 Å². The molecule has 3 saturated heterocycles. The van der Waals surface area contributed by atoms with Crippen LogP contribution in [0.15, 0.2) is 60.7 Å². The van der Waals surface area contributed by atoms with Crippen LogP contribution in [0.25, 0.3) is 0 Å². The summed E-state index contributed by atoms with van der Waals surface area (Å²) in [6.45, 7) is 7.69. The molecule has 284 valence electrons. The van der Waals surface area contributed by atoms with Gasteiger partial charge in [0, 0.05) is 6.92 Å². The fraction of sp³-hybridized carbons (Fsp3) is 0.429. The van der Waals surface area contributed by atoms with Gasteiger partial charge in [-0.25, -0.2) is 14.4 Å². The van der Waals surface area contributed by atoms with Crippen molar-refractivity contribution in [2.45, 2.75) is 40.4 Å². The van der Waals surface area contributed by atoms with Crippen LogP contribution in [0.1, 0.15) is 38.3 Å². The quantitative estimate of drug-likeness (QED) is 0.152. The van der Waals surface area contributed by atoms with Gasteiger partial charge in [-0.15, -0.1) is 11.6 Å². The Morgan fingerprint density at radius 3 is 1.52 bits per heavy atom. The molecule has 2 aromatic rings. The van der Waals surface area contributed by atoms with E-state index in [1.54, 1.807) is 0 Å². The Labute approximate surface area is 306 Å². The fourth-order valence-corrected chi connectivity index (χ4v) is 3.73. The van der Waals surface area contributed by atoms with E-state index in [2.05, 4.69) is 14.8 Å². The Morgan fingerprint density at radius 2 is 1.17 bits per heavy atom. The standard InChI is InChI=1S/C14H15NO5.C9H10O2.C6H9NO3.C3H5ClO.C3H5NO2/c16-12(9-15-6-7-19-14(15)18)8-13(17)20-10-11-4-2-1-3-5-11;1-8(10)11-7-9-5-3-2-4-6-9;1-5(8)4-7-2-3-10-6(7)9;1-3(5)2-4;5-3-4-1-2-6-3/h1-5H,6-10H2;2-6H,7H2,1H3;2-4H2,1H3;2H2,1H3;1-2H2,(H,4,5). The third-order valence-corrected chi connectivity index (χ3v) is 6.51. The van der Waals surface area contributed by atoms with E-state index in [9.17, 15) is 38.4 Å². The number of nitrogens with zero attached hydrogens (tertiary/aromatic N) is 2. The van der Waals surface area contributed by atoms with E-state index in [1.165, 1.54) is 30.6 Å². The number of carbonyl (C=O) groups is 8. The number of halogens is 1. The van der Waals surface area contributed by atoms with Crippen LogP contribution in [-0.4, -0.2) is 116 Å². The van der Waals surface area contributed by atoms with Crippen LogP contribution >= 0.6 is 11.6 Å². The van der Waals surface area contributed by atoms with Gasteiger partial charge in [0.25, 0.3) is 0 Å². The molecule has 0 unspecified atom stereocenters. The molecule has 0 radical (unpaired) electrons. The number of alkyl halides is 1. The normalized spacial score (nSPS) is 13.7. The zero-order valence-electron chi connectivity index (χ0n) is 29.3. The number of Topliss-reactive ketones (excluding diaryl/α,β-unsaturated/α-hetero) is 3. The molecule has 0 atom stereocenters. The van der Waals surface area contributed by atoms with E-state index >= 15 is 0 Å². The Morgan fingerprint density at radius 1 is 0.692 bits per heavy atom. The minimum Gasteiger partial charge on any atom is -0.461 e. The number of hydrogen-bond acceptors (Lipinski definition) is 13. The van der Waals surface area contributed by atoms with Gasteiger partial charge in [-0.1, -0.05) is 60.7 Å². The third-order valence-electron chi connectivity index (χ3n) is 6.13. The lowest BCUT2D eigenvalue weighted by Crippen LogP contribution is -2.31. The van der Waals surface area contributed by atoms with Gasteiger partial charge < -0.3 is 29.0 Å². The molecule has 1 N–H and O–H groups in total. The maximum Gasteiger partial charge on any atom is 0.410 e. The Hall–Kier alpha value is -5.51. The van der Waals surface area contributed by atoms with Crippen LogP contribution in [-0.2, 0) is 60.9 Å². The van der Waals surface area contributed by atoms with Crippen molar-refractivity contribution < 1.29 is 62.0 Å². The van der Waals surface area contributed by atoms with Crippen molar-refractivity contribution in [2.75, 3.05) is 58.4 Å². The van der Waals surface area contributed by atoms with E-state index in [1.807, 2.05) is 60.7 Å². The van der Waals surface area contributed by atoms with Gasteiger partial charge in [-0.05, 0) is 25.0 Å². The minimum absolute atomic E-state index is 0.0150. The molecule has 2 aromatic carbocycles. The number of benzene rings is 2. The summed E-state index contributed by atoms with van der Waals surface area (Å²) in [6.07, 6.45) is -1.53. The van der Waals surface area contributed by atoms with Crippen LogP contribution in [0, 0.1) is 0 Å². The fourth-order valence-electron chi connectivity index (χ4n) is 3.73. The molecule has 5 rings (SSSR count). The van der Waals surface area contributed by atoms with E-state index in [-0.39, 0.29) is 74.1 Å². The number of rotatable bonds is 11. The molecule has 52 heavy (non-hydrogen) atoms. The number of nitrogens with one attached hydrogen (secondary N) is 1. The largest absolute Gasteiger partial charge is 0.461 e. The highest BCUT2D eigenvalue weighted by atomic mass is 35.5. The Bertz CT molecular complexity index is 1450. The number of cyclic esters (lactones) is 3. The Kier molecular flexibility index (Phi) is 22.5. The number of esters is 2. The van der Waals surface area contributed by atoms with Crippen molar-refractivity contribution in [1.82, 2.24) is 15.1 Å². The average Bonchev–Trinajstić information content (AvgIpc) is 3.87. The molecule has 3 amide bonds. The average molecular weight is 750 g/mol. The zero-order chi connectivity index (χ0) is 38.7. The lowest BCUT2D eigenvalue weighted by atomic mass is 10.2. The smallest absolute Gasteiger partial charge is 0.410 e.